The van der Waals surface area contributed by atoms with E-state index in [0.29, 0.717) is 24.2 Å². The number of amides is 1. The van der Waals surface area contributed by atoms with Crippen molar-refractivity contribution in [1.82, 2.24) is 15.6 Å². The third-order valence-corrected chi connectivity index (χ3v) is 4.48. The molecule has 0 aromatic carbocycles. The largest absolute Gasteiger partial charge is 0.355 e. The minimum Gasteiger partial charge on any atom is -0.355 e. The van der Waals surface area contributed by atoms with Crippen molar-refractivity contribution in [2.75, 3.05) is 20.1 Å². The normalized spacial score (nSPS) is 22.0. The first kappa shape index (κ1) is 18.1. The molecule has 1 aromatic rings. The number of hydrogen-bond donors (Lipinski definition) is 3. The summed E-state index contributed by atoms with van der Waals surface area (Å²) in [6.07, 6.45) is 12.7. The molecule has 5 heteroatoms. The van der Waals surface area contributed by atoms with Crippen LogP contribution in [0, 0.1) is 0 Å². The fourth-order valence-corrected chi connectivity index (χ4v) is 3.17. The Kier molecular flexibility index (Phi) is 5.68. The van der Waals surface area contributed by atoms with E-state index in [1.165, 1.54) is 17.7 Å². The number of aromatic amines is 1. The van der Waals surface area contributed by atoms with Crippen molar-refractivity contribution >= 4 is 17.6 Å². The molecule has 26 heavy (non-hydrogen) atoms. The van der Waals surface area contributed by atoms with Crippen molar-refractivity contribution in [3.8, 4) is 0 Å². The second-order valence-electron chi connectivity index (χ2n) is 6.56. The molecule has 2 heterocycles. The van der Waals surface area contributed by atoms with E-state index in [1.54, 1.807) is 6.92 Å². The molecule has 1 aliphatic carbocycles. The maximum absolute atomic E-state index is 14.2. The summed E-state index contributed by atoms with van der Waals surface area (Å²) in [6, 6.07) is 1.96. The second kappa shape index (κ2) is 8.15. The summed E-state index contributed by atoms with van der Waals surface area (Å²) in [7, 11) is 1.93. The van der Waals surface area contributed by atoms with E-state index < -0.39 is 5.83 Å². The molecule has 2 bridgehead atoms. The highest BCUT2D eigenvalue weighted by molar-refractivity contribution is 5.93. The van der Waals surface area contributed by atoms with Crippen molar-refractivity contribution < 1.29 is 9.18 Å². The van der Waals surface area contributed by atoms with Gasteiger partial charge in [-0.25, -0.2) is 4.39 Å². The van der Waals surface area contributed by atoms with Gasteiger partial charge in [-0.1, -0.05) is 24.3 Å². The molecule has 0 fully saturated rings. The number of halogens is 1. The fraction of sp³-hybridized carbons (Fsp3) is 0.286. The van der Waals surface area contributed by atoms with Crippen LogP contribution < -0.4 is 10.6 Å². The molecule has 1 aliphatic heterocycles. The standard InChI is InChI=1S/C21H24FN3O/c1-14-10-18(22)12-19-11-17(8-9-24-21(14)26)20(25-19)16-5-3-4-15(6-7-16)13-23-2/h3-4,6-7,10-12,23,25H,5,8-9,13H2,1-2H3,(H,24,26)/b14-10+,18-12+. The van der Waals surface area contributed by atoms with E-state index in [2.05, 4.69) is 39.9 Å². The van der Waals surface area contributed by atoms with Gasteiger partial charge in [0.1, 0.15) is 5.83 Å². The van der Waals surface area contributed by atoms with Crippen LogP contribution in [0.25, 0.3) is 11.6 Å². The Morgan fingerprint density at radius 2 is 2.12 bits per heavy atom. The van der Waals surface area contributed by atoms with Gasteiger partial charge >= 0.3 is 0 Å². The van der Waals surface area contributed by atoms with Crippen molar-refractivity contribution in [2.24, 2.45) is 0 Å². The molecule has 0 saturated heterocycles. The van der Waals surface area contributed by atoms with Gasteiger partial charge in [0.25, 0.3) is 0 Å². The van der Waals surface area contributed by atoms with Gasteiger partial charge in [-0.2, -0.15) is 0 Å². The van der Waals surface area contributed by atoms with E-state index >= 15 is 0 Å². The quantitative estimate of drug-likeness (QED) is 0.780. The first-order chi connectivity index (χ1) is 12.6. The van der Waals surface area contributed by atoms with Crippen LogP contribution in [0.3, 0.4) is 0 Å². The Balaban J connectivity index is 1.97. The number of fused-ring (bicyclic) bond motifs is 2. The third kappa shape index (κ3) is 4.29. The number of aromatic nitrogens is 1. The van der Waals surface area contributed by atoms with Gasteiger partial charge < -0.3 is 15.6 Å². The maximum atomic E-state index is 14.2. The fourth-order valence-electron chi connectivity index (χ4n) is 3.17. The van der Waals surface area contributed by atoms with Crippen LogP contribution in [0.1, 0.15) is 30.3 Å². The van der Waals surface area contributed by atoms with Crippen LogP contribution >= 0.6 is 0 Å². The molecule has 0 unspecified atom stereocenters. The van der Waals surface area contributed by atoms with Gasteiger partial charge in [0, 0.05) is 30.1 Å². The highest BCUT2D eigenvalue weighted by Crippen LogP contribution is 2.27. The van der Waals surface area contributed by atoms with Crippen LogP contribution in [-0.4, -0.2) is 31.0 Å². The molecule has 4 nitrogen and oxygen atoms in total. The number of hydrogen-bond acceptors (Lipinski definition) is 2. The lowest BCUT2D eigenvalue weighted by Gasteiger charge is -2.08. The molecular weight excluding hydrogens is 329 g/mol. The third-order valence-electron chi connectivity index (χ3n) is 4.48. The Labute approximate surface area is 153 Å². The highest BCUT2D eigenvalue weighted by Gasteiger charge is 2.14. The number of nitrogens with one attached hydrogen (secondary N) is 3. The SMILES string of the molecule is CNCC1=CC=C(c2[nH]c3cc2CCNC(=O)/C(C)=C/C(F)=C\3)CC=C1. The Bertz CT molecular complexity index is 853. The number of allylic oxidation sites excluding steroid dienone is 6. The average Bonchev–Trinajstić information content (AvgIpc) is 2.83. The number of carbonyl (C=O) groups is 1. The van der Waals surface area contributed by atoms with Crippen LogP contribution in [0.2, 0.25) is 0 Å². The minimum atomic E-state index is -0.440. The van der Waals surface area contributed by atoms with Crippen molar-refractivity contribution in [2.45, 2.75) is 19.8 Å². The van der Waals surface area contributed by atoms with Gasteiger partial charge in [-0.05, 0) is 61.7 Å². The Morgan fingerprint density at radius 1 is 1.27 bits per heavy atom. The monoisotopic (exact) mass is 353 g/mol. The summed E-state index contributed by atoms with van der Waals surface area (Å²) in [5, 5.41) is 6.00. The van der Waals surface area contributed by atoms with Crippen molar-refractivity contribution in [3.63, 3.8) is 0 Å². The first-order valence-electron chi connectivity index (χ1n) is 8.83. The summed E-state index contributed by atoms with van der Waals surface area (Å²) in [4.78, 5) is 15.3. The summed E-state index contributed by atoms with van der Waals surface area (Å²) in [5.41, 5.74) is 5.52. The molecule has 3 rings (SSSR count). The number of carbonyl (C=O) groups excluding carboxylic acids is 1. The summed E-state index contributed by atoms with van der Waals surface area (Å²) >= 11 is 0. The molecule has 1 amide bonds. The smallest absolute Gasteiger partial charge is 0.247 e. The summed E-state index contributed by atoms with van der Waals surface area (Å²) in [5.74, 6) is -0.674. The zero-order valence-electron chi connectivity index (χ0n) is 15.2. The van der Waals surface area contributed by atoms with Crippen molar-refractivity contribution in [3.05, 3.63) is 70.4 Å². The molecule has 136 valence electrons. The topological polar surface area (TPSA) is 56.9 Å². The van der Waals surface area contributed by atoms with Crippen molar-refractivity contribution in [1.29, 1.82) is 0 Å². The number of rotatable bonds is 3. The van der Waals surface area contributed by atoms with Crippen LogP contribution in [0.5, 0.6) is 0 Å². The van der Waals surface area contributed by atoms with Gasteiger partial charge in [-0.3, -0.25) is 4.79 Å². The second-order valence-corrected chi connectivity index (χ2v) is 6.56. The molecule has 0 radical (unpaired) electrons. The van der Waals surface area contributed by atoms with Gasteiger partial charge in [0.15, 0.2) is 0 Å². The predicted octanol–water partition coefficient (Wildman–Crippen LogP) is 3.43. The lowest BCUT2D eigenvalue weighted by molar-refractivity contribution is -0.117. The molecule has 0 spiro atoms. The Hall–Kier alpha value is -2.66. The van der Waals surface area contributed by atoms with Gasteiger partial charge in [-0.15, -0.1) is 0 Å². The summed E-state index contributed by atoms with van der Waals surface area (Å²) in [6.45, 7) is 2.94. The van der Waals surface area contributed by atoms with E-state index in [-0.39, 0.29) is 5.91 Å². The summed E-state index contributed by atoms with van der Waals surface area (Å²) < 4.78 is 14.2. The molecule has 0 atom stereocenters. The van der Waals surface area contributed by atoms with Gasteiger partial charge in [0.05, 0.1) is 0 Å². The van der Waals surface area contributed by atoms with Gasteiger partial charge in [0.2, 0.25) is 5.91 Å². The van der Waals surface area contributed by atoms with Crippen LogP contribution in [0.15, 0.2) is 53.4 Å². The average molecular weight is 353 g/mol. The van der Waals surface area contributed by atoms with E-state index in [4.69, 9.17) is 0 Å². The maximum Gasteiger partial charge on any atom is 0.247 e. The van der Waals surface area contributed by atoms with Crippen LogP contribution in [0.4, 0.5) is 4.39 Å². The van der Waals surface area contributed by atoms with E-state index in [9.17, 15) is 9.18 Å². The van der Waals surface area contributed by atoms with Crippen LogP contribution in [-0.2, 0) is 11.2 Å². The zero-order valence-corrected chi connectivity index (χ0v) is 15.2. The molecule has 3 N–H and O–H groups in total. The molecule has 2 aliphatic rings. The first-order valence-corrected chi connectivity index (χ1v) is 8.83. The zero-order chi connectivity index (χ0) is 18.5. The molecular formula is C21H24FN3O. The number of likely N-dealkylation sites (N-methyl/N-ethyl adjacent to an activating group) is 1. The van der Waals surface area contributed by atoms with E-state index in [1.807, 2.05) is 13.1 Å². The molecule has 1 aromatic heterocycles. The Morgan fingerprint density at radius 3 is 2.92 bits per heavy atom. The van der Waals surface area contributed by atoms with E-state index in [0.717, 1.165) is 29.8 Å². The molecule has 0 saturated carbocycles. The number of H-pyrrole nitrogens is 1. The predicted molar refractivity (Wildman–Crippen MR) is 104 cm³/mol. The highest BCUT2D eigenvalue weighted by atomic mass is 19.1. The minimum absolute atomic E-state index is 0.234. The lowest BCUT2D eigenvalue weighted by Crippen LogP contribution is -2.26. The lowest BCUT2D eigenvalue weighted by atomic mass is 10.0.